The molecule has 2 heterocycles. The molecular weight excluding hydrogens is 278 g/mol. The molecule has 0 aromatic carbocycles. The van der Waals surface area contributed by atoms with Gasteiger partial charge in [0, 0.05) is 23.1 Å². The minimum absolute atomic E-state index is 0.524. The van der Waals surface area contributed by atoms with E-state index >= 15 is 0 Å². The predicted molar refractivity (Wildman–Crippen MR) is 61.9 cm³/mol. The van der Waals surface area contributed by atoms with E-state index in [4.69, 9.17) is 4.42 Å². The van der Waals surface area contributed by atoms with Crippen molar-refractivity contribution in [1.29, 1.82) is 0 Å². The summed E-state index contributed by atoms with van der Waals surface area (Å²) in [5, 5.41) is 12.8. The zero-order valence-electron chi connectivity index (χ0n) is 8.11. The van der Waals surface area contributed by atoms with Gasteiger partial charge >= 0.3 is 0 Å². The monoisotopic (exact) mass is 287 g/mol. The van der Waals surface area contributed by atoms with Crippen molar-refractivity contribution in [1.82, 2.24) is 4.98 Å². The van der Waals surface area contributed by atoms with Gasteiger partial charge in [0.25, 0.3) is 0 Å². The summed E-state index contributed by atoms with van der Waals surface area (Å²) < 4.78 is 5.65. The molecule has 0 spiro atoms. The molecule has 3 nitrogen and oxygen atoms in total. The summed E-state index contributed by atoms with van der Waals surface area (Å²) in [6.45, 7) is 1.94. The first-order valence-electron chi connectivity index (χ1n) is 4.49. The van der Waals surface area contributed by atoms with Gasteiger partial charge < -0.3 is 9.52 Å². The van der Waals surface area contributed by atoms with E-state index in [1.807, 2.05) is 12.3 Å². The number of aryl methyl sites for hydroxylation is 1. The van der Waals surface area contributed by atoms with E-state index in [2.05, 4.69) is 20.9 Å². The topological polar surface area (TPSA) is 46.3 Å². The number of aromatic nitrogens is 1. The van der Waals surface area contributed by atoms with Gasteiger partial charge in [0.15, 0.2) is 4.67 Å². The number of thiazole rings is 1. The minimum atomic E-state index is -0.566. The first-order chi connectivity index (χ1) is 7.16. The second-order valence-corrected chi connectivity index (χ2v) is 4.92. The molecule has 0 aliphatic heterocycles. The van der Waals surface area contributed by atoms with Crippen molar-refractivity contribution in [3.8, 4) is 0 Å². The molecule has 1 unspecified atom stereocenters. The summed E-state index contributed by atoms with van der Waals surface area (Å²) in [5.74, 6) is 0. The number of hydrogen-bond acceptors (Lipinski definition) is 4. The van der Waals surface area contributed by atoms with Gasteiger partial charge in [-0.25, -0.2) is 4.98 Å². The summed E-state index contributed by atoms with van der Waals surface area (Å²) >= 11 is 4.81. The van der Waals surface area contributed by atoms with Crippen LogP contribution in [0.2, 0.25) is 0 Å². The predicted octanol–water partition coefficient (Wildman–Crippen LogP) is 3.08. The molecule has 2 aromatic rings. The van der Waals surface area contributed by atoms with Gasteiger partial charge in [-0.3, -0.25) is 0 Å². The van der Waals surface area contributed by atoms with E-state index in [-0.39, 0.29) is 0 Å². The molecule has 2 aromatic heterocycles. The fourth-order valence-corrected chi connectivity index (χ4v) is 2.63. The average molecular weight is 288 g/mol. The number of aliphatic hydroxyl groups excluding tert-OH is 1. The first-order valence-corrected chi connectivity index (χ1v) is 6.16. The third-order valence-electron chi connectivity index (χ3n) is 2.04. The van der Waals surface area contributed by atoms with Gasteiger partial charge in [0.1, 0.15) is 0 Å². The van der Waals surface area contributed by atoms with E-state index in [0.717, 1.165) is 16.3 Å². The molecule has 1 N–H and O–H groups in total. The molecule has 0 saturated carbocycles. The summed E-state index contributed by atoms with van der Waals surface area (Å²) in [6, 6.07) is 1.76. The van der Waals surface area contributed by atoms with Crippen LogP contribution in [-0.2, 0) is 6.42 Å². The maximum Gasteiger partial charge on any atom is 0.174 e. The minimum Gasteiger partial charge on any atom is -0.457 e. The van der Waals surface area contributed by atoms with E-state index in [0.29, 0.717) is 11.1 Å². The summed E-state index contributed by atoms with van der Waals surface area (Å²) in [6.07, 6.45) is 1.51. The lowest BCUT2D eigenvalue weighted by atomic mass is 10.1. The zero-order chi connectivity index (χ0) is 10.8. The van der Waals surface area contributed by atoms with Crippen LogP contribution in [0, 0.1) is 6.92 Å². The van der Waals surface area contributed by atoms with Crippen LogP contribution in [0.25, 0.3) is 0 Å². The molecule has 0 bridgehead atoms. The smallest absolute Gasteiger partial charge is 0.174 e. The maximum atomic E-state index is 9.93. The Hall–Kier alpha value is -0.650. The van der Waals surface area contributed by atoms with Gasteiger partial charge in [-0.15, -0.1) is 11.3 Å². The molecule has 0 aliphatic rings. The highest BCUT2D eigenvalue weighted by Crippen LogP contribution is 2.27. The Labute approximate surface area is 99.9 Å². The van der Waals surface area contributed by atoms with Crippen molar-refractivity contribution in [3.05, 3.63) is 38.6 Å². The summed E-state index contributed by atoms with van der Waals surface area (Å²) in [4.78, 5) is 4.30. The van der Waals surface area contributed by atoms with Crippen LogP contribution in [0.1, 0.15) is 22.4 Å². The van der Waals surface area contributed by atoms with Crippen molar-refractivity contribution in [3.63, 3.8) is 0 Å². The Morgan fingerprint density at radius 3 is 3.00 bits per heavy atom. The molecule has 0 radical (unpaired) electrons. The van der Waals surface area contributed by atoms with Crippen molar-refractivity contribution in [2.24, 2.45) is 0 Å². The summed E-state index contributed by atoms with van der Waals surface area (Å²) in [5.41, 5.74) is 1.76. The Bertz CT molecular complexity index is 452. The van der Waals surface area contributed by atoms with Gasteiger partial charge in [-0.2, -0.15) is 0 Å². The van der Waals surface area contributed by atoms with E-state index in [1.54, 1.807) is 23.7 Å². The van der Waals surface area contributed by atoms with Crippen molar-refractivity contribution in [2.45, 2.75) is 19.4 Å². The molecule has 15 heavy (non-hydrogen) atoms. The summed E-state index contributed by atoms with van der Waals surface area (Å²) in [7, 11) is 0. The number of aliphatic hydroxyl groups is 1. The molecule has 0 aliphatic carbocycles. The molecular formula is C10H10BrNO2S. The molecule has 80 valence electrons. The standard InChI is InChI=1S/C10H10BrNO2S/c1-6-5-15-9(12-6)4-8(13)7-2-3-14-10(7)11/h2-3,5,8,13H,4H2,1H3. The van der Waals surface area contributed by atoms with Crippen LogP contribution in [0.5, 0.6) is 0 Å². The molecule has 1 atom stereocenters. The Kier molecular flexibility index (Phi) is 3.23. The van der Waals surface area contributed by atoms with Gasteiger partial charge in [-0.1, -0.05) is 0 Å². The van der Waals surface area contributed by atoms with E-state index in [1.165, 1.54) is 0 Å². The SMILES string of the molecule is Cc1csc(CC(O)c2ccoc2Br)n1. The van der Waals surface area contributed by atoms with E-state index < -0.39 is 6.10 Å². The second-order valence-electron chi connectivity index (χ2n) is 3.25. The van der Waals surface area contributed by atoms with Gasteiger partial charge in [0.2, 0.25) is 0 Å². The third kappa shape index (κ3) is 2.48. The number of furan rings is 1. The fourth-order valence-electron chi connectivity index (χ4n) is 1.31. The van der Waals surface area contributed by atoms with Crippen LogP contribution in [0.15, 0.2) is 26.8 Å². The maximum absolute atomic E-state index is 9.93. The van der Waals surface area contributed by atoms with Crippen LogP contribution < -0.4 is 0 Å². The van der Waals surface area contributed by atoms with Crippen molar-refractivity contribution >= 4 is 27.3 Å². The Morgan fingerprint density at radius 1 is 1.67 bits per heavy atom. The van der Waals surface area contributed by atoms with Crippen LogP contribution >= 0.6 is 27.3 Å². The highest BCUT2D eigenvalue weighted by Gasteiger charge is 2.15. The lowest BCUT2D eigenvalue weighted by Gasteiger charge is -2.06. The highest BCUT2D eigenvalue weighted by molar-refractivity contribution is 9.10. The third-order valence-corrected chi connectivity index (χ3v) is 3.67. The van der Waals surface area contributed by atoms with Crippen LogP contribution in [0.3, 0.4) is 0 Å². The largest absolute Gasteiger partial charge is 0.457 e. The van der Waals surface area contributed by atoms with Crippen molar-refractivity contribution in [2.75, 3.05) is 0 Å². The van der Waals surface area contributed by atoms with Gasteiger partial charge in [0.05, 0.1) is 17.4 Å². The highest BCUT2D eigenvalue weighted by atomic mass is 79.9. The average Bonchev–Trinajstić information content (AvgIpc) is 2.75. The quantitative estimate of drug-likeness (QED) is 0.944. The number of rotatable bonds is 3. The van der Waals surface area contributed by atoms with Gasteiger partial charge in [-0.05, 0) is 28.9 Å². The number of halogens is 1. The molecule has 0 saturated heterocycles. The Balaban J connectivity index is 2.10. The van der Waals surface area contributed by atoms with Crippen LogP contribution in [-0.4, -0.2) is 10.1 Å². The van der Waals surface area contributed by atoms with Crippen molar-refractivity contribution < 1.29 is 9.52 Å². The second kappa shape index (κ2) is 4.47. The van der Waals surface area contributed by atoms with E-state index in [9.17, 15) is 5.11 Å². The Morgan fingerprint density at radius 2 is 2.47 bits per heavy atom. The molecule has 5 heteroatoms. The fraction of sp³-hybridized carbons (Fsp3) is 0.300. The lowest BCUT2D eigenvalue weighted by Crippen LogP contribution is -2.00. The first kappa shape index (κ1) is 10.9. The number of hydrogen-bond donors (Lipinski definition) is 1. The molecule has 0 fully saturated rings. The lowest BCUT2D eigenvalue weighted by molar-refractivity contribution is 0.176. The molecule has 0 amide bonds. The normalized spacial score (nSPS) is 13.0. The number of nitrogens with zero attached hydrogens (tertiary/aromatic N) is 1. The zero-order valence-corrected chi connectivity index (χ0v) is 10.5. The van der Waals surface area contributed by atoms with Crippen LogP contribution in [0.4, 0.5) is 0 Å². The molecule has 2 rings (SSSR count).